The third kappa shape index (κ3) is 5.13. The Kier molecular flexibility index (Phi) is 8.97. The molecule has 47 valence electrons. The fourth-order valence-corrected chi connectivity index (χ4v) is 0.0993. The second kappa shape index (κ2) is 6.11. The molecule has 4 heteroatoms. The molecule has 0 heterocycles. The van der Waals surface area contributed by atoms with E-state index in [1.165, 1.54) is 0 Å². The van der Waals surface area contributed by atoms with Crippen LogP contribution >= 0.6 is 0 Å². The van der Waals surface area contributed by atoms with Gasteiger partial charge < -0.3 is 22.2 Å². The molecule has 0 saturated carbocycles. The third-order valence-electron chi connectivity index (χ3n) is 0.547. The van der Waals surface area contributed by atoms with Gasteiger partial charge in [0, 0.05) is 32.7 Å². The summed E-state index contributed by atoms with van der Waals surface area (Å²) in [5.41, 5.74) is 0. The summed E-state index contributed by atoms with van der Waals surface area (Å²) in [5, 5.41) is 24.5. The standard InChI is InChI=1S/C4H8O3.Y/c1-3(6)4(7)2-5;/h2-7H,1H2;/q-2;. The summed E-state index contributed by atoms with van der Waals surface area (Å²) in [6.45, 7) is 3.51. The van der Waals surface area contributed by atoms with Crippen molar-refractivity contribution in [2.24, 2.45) is 0 Å². The Morgan fingerprint density at radius 1 is 1.38 bits per heavy atom. The Morgan fingerprint density at radius 2 is 1.75 bits per heavy atom. The van der Waals surface area contributed by atoms with Crippen LogP contribution in [0.1, 0.15) is 0 Å². The number of hydrogen-bond donors (Lipinski definition) is 3. The van der Waals surface area contributed by atoms with Crippen molar-refractivity contribution >= 4 is 0 Å². The van der Waals surface area contributed by atoms with Crippen molar-refractivity contribution in [3.05, 3.63) is 13.5 Å². The first-order valence-corrected chi connectivity index (χ1v) is 1.85. The maximum Gasteiger partial charge on any atom is 0 e. The van der Waals surface area contributed by atoms with Crippen molar-refractivity contribution in [2.75, 3.05) is 0 Å². The van der Waals surface area contributed by atoms with Crippen LogP contribution in [0.25, 0.3) is 0 Å². The van der Waals surface area contributed by atoms with Crippen molar-refractivity contribution < 1.29 is 48.0 Å². The van der Waals surface area contributed by atoms with Crippen LogP contribution in [0.3, 0.4) is 0 Å². The number of rotatable bonds is 2. The molecule has 1 radical (unpaired) electrons. The van der Waals surface area contributed by atoms with Crippen molar-refractivity contribution in [1.82, 2.24) is 0 Å². The third-order valence-corrected chi connectivity index (χ3v) is 0.547. The molecule has 0 aromatic carbocycles. The van der Waals surface area contributed by atoms with Gasteiger partial charge in [0.2, 0.25) is 0 Å². The normalized spacial score (nSPS) is 16.5. The second-order valence-electron chi connectivity index (χ2n) is 1.21. The molecule has 0 aliphatic heterocycles. The first-order valence-electron chi connectivity index (χ1n) is 1.85. The van der Waals surface area contributed by atoms with Gasteiger partial charge in [-0.25, -0.2) is 0 Å². The summed E-state index contributed by atoms with van der Waals surface area (Å²) in [6.07, 6.45) is -2.36. The molecule has 2 atom stereocenters. The van der Waals surface area contributed by atoms with Gasteiger partial charge in [0.25, 0.3) is 0 Å². The van der Waals surface area contributed by atoms with E-state index in [9.17, 15) is 0 Å². The van der Waals surface area contributed by atoms with Crippen LogP contribution < -0.4 is 0 Å². The minimum Gasteiger partial charge on any atom is -0.564 e. The van der Waals surface area contributed by atoms with E-state index >= 15 is 0 Å². The minimum absolute atomic E-state index is 0. The van der Waals surface area contributed by atoms with Gasteiger partial charge in [-0.1, -0.05) is 6.10 Å². The Morgan fingerprint density at radius 3 is 1.75 bits per heavy atom. The number of aliphatic hydroxyl groups excluding tert-OH is 3. The largest absolute Gasteiger partial charge is 0.564 e. The molecular formula is C4H8O3Y-2. The van der Waals surface area contributed by atoms with Crippen molar-refractivity contribution in [2.45, 2.75) is 12.2 Å². The predicted octanol–water partition coefficient (Wildman–Crippen LogP) is -0.926. The summed E-state index contributed by atoms with van der Waals surface area (Å²) in [5.74, 6) is 0. The van der Waals surface area contributed by atoms with Crippen LogP contribution in [0.15, 0.2) is 0 Å². The monoisotopic (exact) mass is 193 g/mol. The first-order chi connectivity index (χ1) is 3.18. The molecule has 0 saturated heterocycles. The Balaban J connectivity index is 0. The van der Waals surface area contributed by atoms with Gasteiger partial charge in [-0.05, 0) is 6.10 Å². The zero-order valence-electron chi connectivity index (χ0n) is 4.36. The van der Waals surface area contributed by atoms with Crippen LogP contribution in [0, 0.1) is 13.5 Å². The van der Waals surface area contributed by atoms with E-state index in [-0.39, 0.29) is 32.7 Å². The fraction of sp³-hybridized carbons (Fsp3) is 0.500. The molecular weight excluding hydrogens is 185 g/mol. The van der Waals surface area contributed by atoms with Crippen LogP contribution in [-0.4, -0.2) is 27.5 Å². The molecule has 0 amide bonds. The quantitative estimate of drug-likeness (QED) is 0.496. The molecule has 0 aliphatic rings. The maximum absolute atomic E-state index is 8.32. The van der Waals surface area contributed by atoms with Gasteiger partial charge in [-0.15, -0.1) is 0 Å². The number of hydrogen-bond acceptors (Lipinski definition) is 3. The Hall–Kier alpha value is 0.984. The van der Waals surface area contributed by atoms with E-state index < -0.39 is 12.2 Å². The number of aliphatic hydroxyl groups is 3. The van der Waals surface area contributed by atoms with E-state index in [0.717, 1.165) is 0 Å². The van der Waals surface area contributed by atoms with Crippen molar-refractivity contribution in [3.8, 4) is 0 Å². The van der Waals surface area contributed by atoms with Gasteiger partial charge in [-0.3, -0.25) is 0 Å². The van der Waals surface area contributed by atoms with Crippen LogP contribution in [-0.2, 0) is 32.7 Å². The fourth-order valence-electron chi connectivity index (χ4n) is 0.0993. The Bertz CT molecular complexity index is 48.5. The average molecular weight is 193 g/mol. The molecule has 0 fully saturated rings. The van der Waals surface area contributed by atoms with Gasteiger partial charge in [0.05, 0.1) is 0 Å². The first kappa shape index (κ1) is 11.7. The topological polar surface area (TPSA) is 60.7 Å². The molecule has 0 rings (SSSR count). The van der Waals surface area contributed by atoms with E-state index in [2.05, 4.69) is 6.92 Å². The molecule has 0 aliphatic carbocycles. The summed E-state index contributed by atoms with van der Waals surface area (Å²) in [6, 6.07) is 0. The Labute approximate surface area is 73.6 Å². The van der Waals surface area contributed by atoms with Crippen molar-refractivity contribution in [1.29, 1.82) is 0 Å². The molecule has 0 bridgehead atoms. The van der Waals surface area contributed by atoms with Gasteiger partial charge in [0.1, 0.15) is 0 Å². The molecule has 0 spiro atoms. The summed E-state index contributed by atoms with van der Waals surface area (Å²) >= 11 is 0. The van der Waals surface area contributed by atoms with Crippen LogP contribution in [0.5, 0.6) is 0 Å². The molecule has 3 nitrogen and oxygen atoms in total. The van der Waals surface area contributed by atoms with Gasteiger partial charge >= 0.3 is 0 Å². The van der Waals surface area contributed by atoms with E-state index in [1.54, 1.807) is 0 Å². The van der Waals surface area contributed by atoms with Gasteiger partial charge in [-0.2, -0.15) is 6.61 Å². The van der Waals surface area contributed by atoms with E-state index in [1.807, 2.05) is 0 Å². The van der Waals surface area contributed by atoms with Crippen LogP contribution in [0.4, 0.5) is 0 Å². The molecule has 8 heavy (non-hydrogen) atoms. The second-order valence-corrected chi connectivity index (χ2v) is 1.21. The smallest absolute Gasteiger partial charge is 0 e. The zero-order chi connectivity index (χ0) is 5.86. The summed E-state index contributed by atoms with van der Waals surface area (Å²) < 4.78 is 0. The summed E-state index contributed by atoms with van der Waals surface area (Å²) in [7, 11) is 0. The predicted molar refractivity (Wildman–Crippen MR) is 23.6 cm³/mol. The SMILES string of the molecule is [CH2-]C(O)C(O)[CH-]O.[Y]. The minimum atomic E-state index is -1.22. The summed E-state index contributed by atoms with van der Waals surface area (Å²) in [4.78, 5) is 0. The van der Waals surface area contributed by atoms with Crippen LogP contribution in [0.2, 0.25) is 0 Å². The maximum atomic E-state index is 8.32. The molecule has 0 aromatic rings. The van der Waals surface area contributed by atoms with E-state index in [0.29, 0.717) is 6.61 Å². The molecule has 0 aromatic heterocycles. The van der Waals surface area contributed by atoms with Gasteiger partial charge in [0.15, 0.2) is 0 Å². The molecule has 2 unspecified atom stereocenters. The van der Waals surface area contributed by atoms with E-state index in [4.69, 9.17) is 15.3 Å². The average Bonchev–Trinajstić information content (AvgIpc) is 1.65. The van der Waals surface area contributed by atoms with Crippen molar-refractivity contribution in [3.63, 3.8) is 0 Å². The molecule has 3 N–H and O–H groups in total. The zero-order valence-corrected chi connectivity index (χ0v) is 7.20.